The number of rotatable bonds is 1. The molecule has 6 heavy (non-hydrogen) atoms. The van der Waals surface area contributed by atoms with Gasteiger partial charge < -0.3 is 9.90 Å². The van der Waals surface area contributed by atoms with Crippen molar-refractivity contribution in [1.29, 1.82) is 0 Å². The van der Waals surface area contributed by atoms with Crippen LogP contribution in [-0.2, 0) is 21.6 Å². The molecule has 0 aromatic rings. The number of alkyl halides is 1. The van der Waals surface area contributed by atoms with Crippen molar-refractivity contribution in [3.05, 3.63) is 0 Å². The standard InChI is InChI=1S/C2H3BrO2.Co/c3-1-2(4)5;/h1H2,(H,4,5);/q;+2/p-1. The molecular weight excluding hydrogens is 195 g/mol. The van der Waals surface area contributed by atoms with E-state index in [1.165, 1.54) is 0 Å². The van der Waals surface area contributed by atoms with Crippen molar-refractivity contribution in [2.45, 2.75) is 0 Å². The molecule has 1 radical (unpaired) electrons. The molecule has 0 saturated heterocycles. The first-order valence-corrected chi connectivity index (χ1v) is 2.15. The number of hydrogen-bond acceptors (Lipinski definition) is 2. The fourth-order valence-corrected chi connectivity index (χ4v) is 0. The van der Waals surface area contributed by atoms with Crippen LogP contribution in [0.5, 0.6) is 0 Å². The van der Waals surface area contributed by atoms with Gasteiger partial charge in [0, 0.05) is 5.33 Å². The van der Waals surface area contributed by atoms with Gasteiger partial charge in [-0.2, -0.15) is 0 Å². The Morgan fingerprint density at radius 2 is 2.00 bits per heavy atom. The van der Waals surface area contributed by atoms with E-state index in [4.69, 9.17) is 0 Å². The molecule has 0 aliphatic rings. The molecule has 0 aromatic carbocycles. The van der Waals surface area contributed by atoms with Crippen LogP contribution >= 0.6 is 15.9 Å². The van der Waals surface area contributed by atoms with Crippen LogP contribution in [-0.4, -0.2) is 11.3 Å². The zero-order valence-electron chi connectivity index (χ0n) is 2.73. The predicted molar refractivity (Wildman–Crippen MR) is 18.8 cm³/mol. The van der Waals surface area contributed by atoms with Crippen LogP contribution < -0.4 is 5.11 Å². The van der Waals surface area contributed by atoms with Crippen molar-refractivity contribution in [2.24, 2.45) is 0 Å². The smallest absolute Gasteiger partial charge is 0.549 e. The molecule has 0 heterocycles. The van der Waals surface area contributed by atoms with Gasteiger partial charge >= 0.3 is 16.8 Å². The quantitative estimate of drug-likeness (QED) is 0.512. The van der Waals surface area contributed by atoms with Gasteiger partial charge in [0.25, 0.3) is 0 Å². The van der Waals surface area contributed by atoms with Gasteiger partial charge in [-0.3, -0.25) is 0 Å². The third-order valence-corrected chi connectivity index (χ3v) is 0.567. The zero-order chi connectivity index (χ0) is 4.28. The molecular formula is C2H2BrCoO2+. The molecule has 0 N–H and O–H groups in total. The monoisotopic (exact) mass is 196 g/mol. The maximum atomic E-state index is 9.21. The van der Waals surface area contributed by atoms with Crippen LogP contribution in [0.2, 0.25) is 0 Å². The molecule has 0 aliphatic carbocycles. The average molecular weight is 197 g/mol. The normalized spacial score (nSPS) is 6.17. The minimum absolute atomic E-state index is 0. The van der Waals surface area contributed by atoms with E-state index in [0.717, 1.165) is 0 Å². The number of halogens is 1. The van der Waals surface area contributed by atoms with Crippen molar-refractivity contribution in [1.82, 2.24) is 0 Å². The van der Waals surface area contributed by atoms with E-state index >= 15 is 0 Å². The Morgan fingerprint density at radius 1 is 1.83 bits per heavy atom. The summed E-state index contributed by atoms with van der Waals surface area (Å²) in [7, 11) is 0. The minimum Gasteiger partial charge on any atom is -0.549 e. The van der Waals surface area contributed by atoms with Crippen molar-refractivity contribution in [3.63, 3.8) is 0 Å². The van der Waals surface area contributed by atoms with Crippen LogP contribution in [0.15, 0.2) is 0 Å². The van der Waals surface area contributed by atoms with Crippen LogP contribution in [0.25, 0.3) is 0 Å². The predicted octanol–water partition coefficient (Wildman–Crippen LogP) is -0.871. The summed E-state index contributed by atoms with van der Waals surface area (Å²) in [5, 5.41) is 9.13. The van der Waals surface area contributed by atoms with Gasteiger partial charge in [-0.25, -0.2) is 0 Å². The number of carboxylic acids is 1. The van der Waals surface area contributed by atoms with Crippen molar-refractivity contribution in [2.75, 3.05) is 5.33 Å². The van der Waals surface area contributed by atoms with Gasteiger partial charge in [-0.05, 0) is 0 Å². The fraction of sp³-hybridized carbons (Fsp3) is 0.500. The molecule has 0 saturated carbocycles. The Balaban J connectivity index is 0. The maximum Gasteiger partial charge on any atom is 2.00 e. The van der Waals surface area contributed by atoms with Crippen molar-refractivity contribution >= 4 is 21.9 Å². The van der Waals surface area contributed by atoms with E-state index in [0.29, 0.717) is 0 Å². The Morgan fingerprint density at radius 3 is 2.00 bits per heavy atom. The molecule has 0 spiro atoms. The first kappa shape index (κ1) is 9.68. The van der Waals surface area contributed by atoms with Gasteiger partial charge in [0.15, 0.2) is 0 Å². The van der Waals surface area contributed by atoms with Crippen molar-refractivity contribution < 1.29 is 26.7 Å². The zero-order valence-corrected chi connectivity index (χ0v) is 5.36. The number of carbonyl (C=O) groups is 1. The Kier molecular flexibility index (Phi) is 8.80. The minimum atomic E-state index is -1.08. The van der Waals surface area contributed by atoms with Gasteiger partial charge in [-0.15, -0.1) is 0 Å². The third-order valence-electron chi connectivity index (χ3n) is 0.109. The summed E-state index contributed by atoms with van der Waals surface area (Å²) in [6.45, 7) is 0. The summed E-state index contributed by atoms with van der Waals surface area (Å²) in [6.07, 6.45) is 0. The van der Waals surface area contributed by atoms with Crippen LogP contribution in [0.3, 0.4) is 0 Å². The number of carboxylic acid groups (broad SMARTS) is 1. The average Bonchev–Trinajstić information content (AvgIpc) is 1.38. The molecule has 2 nitrogen and oxygen atoms in total. The summed E-state index contributed by atoms with van der Waals surface area (Å²) in [5.41, 5.74) is 0. The first-order chi connectivity index (χ1) is 2.27. The largest absolute Gasteiger partial charge is 2.00 e. The summed E-state index contributed by atoms with van der Waals surface area (Å²) >= 11 is 2.65. The summed E-state index contributed by atoms with van der Waals surface area (Å²) in [4.78, 5) is 9.21. The van der Waals surface area contributed by atoms with E-state index in [2.05, 4.69) is 15.9 Å². The summed E-state index contributed by atoms with van der Waals surface area (Å²) in [6, 6.07) is 0. The second-order valence-electron chi connectivity index (χ2n) is 0.506. The molecule has 0 unspecified atom stereocenters. The number of aliphatic carboxylic acids is 1. The molecule has 0 atom stereocenters. The third kappa shape index (κ3) is 8.82. The van der Waals surface area contributed by atoms with Crippen LogP contribution in [0, 0.1) is 0 Å². The Hall–Kier alpha value is 0.456. The van der Waals surface area contributed by atoms with E-state index in [1.807, 2.05) is 0 Å². The number of hydrogen-bond donors (Lipinski definition) is 0. The van der Waals surface area contributed by atoms with E-state index in [1.54, 1.807) is 0 Å². The second-order valence-corrected chi connectivity index (χ2v) is 1.07. The first-order valence-electron chi connectivity index (χ1n) is 1.03. The van der Waals surface area contributed by atoms with E-state index < -0.39 is 5.97 Å². The fourth-order valence-electron chi connectivity index (χ4n) is 0. The molecule has 0 bridgehead atoms. The Bertz CT molecular complexity index is 46.8. The van der Waals surface area contributed by atoms with Crippen LogP contribution in [0.1, 0.15) is 0 Å². The molecule has 0 aromatic heterocycles. The van der Waals surface area contributed by atoms with Crippen LogP contribution in [0.4, 0.5) is 0 Å². The summed E-state index contributed by atoms with van der Waals surface area (Å²) < 4.78 is 0. The maximum absolute atomic E-state index is 9.21. The molecule has 0 amide bonds. The van der Waals surface area contributed by atoms with E-state index in [9.17, 15) is 9.90 Å². The SMILES string of the molecule is O=C([O-])CBr.[Co+2]. The van der Waals surface area contributed by atoms with Gasteiger partial charge in [0.05, 0.1) is 5.97 Å². The molecule has 0 fully saturated rings. The van der Waals surface area contributed by atoms with Gasteiger partial charge in [0.2, 0.25) is 0 Å². The van der Waals surface area contributed by atoms with Crippen molar-refractivity contribution in [3.8, 4) is 0 Å². The van der Waals surface area contributed by atoms with Gasteiger partial charge in [-0.1, -0.05) is 15.9 Å². The molecule has 4 heteroatoms. The summed E-state index contributed by atoms with van der Waals surface area (Å²) in [5.74, 6) is -1.08. The van der Waals surface area contributed by atoms with E-state index in [-0.39, 0.29) is 22.1 Å². The molecule has 0 aliphatic heterocycles. The Labute approximate surface area is 54.2 Å². The second kappa shape index (κ2) is 5.46. The van der Waals surface area contributed by atoms with Gasteiger partial charge in [0.1, 0.15) is 0 Å². The molecule has 37 valence electrons. The topological polar surface area (TPSA) is 40.1 Å². The molecule has 0 rings (SSSR count). The number of carbonyl (C=O) groups excluding carboxylic acids is 1.